The largest absolute Gasteiger partial charge is 0.372 e. The van der Waals surface area contributed by atoms with Gasteiger partial charge in [0.25, 0.3) is 0 Å². The van der Waals surface area contributed by atoms with Gasteiger partial charge in [0, 0.05) is 11.4 Å². The van der Waals surface area contributed by atoms with Crippen molar-refractivity contribution in [3.8, 4) is 0 Å². The third kappa shape index (κ3) is 2.53. The Labute approximate surface area is 88.3 Å². The number of rotatable bonds is 3. The summed E-state index contributed by atoms with van der Waals surface area (Å²) in [6.07, 6.45) is 3.56. The molecule has 4 heteroatoms. The van der Waals surface area contributed by atoms with Gasteiger partial charge in [-0.25, -0.2) is 4.98 Å². The summed E-state index contributed by atoms with van der Waals surface area (Å²) in [5.74, 6) is 0. The molecule has 0 aromatic carbocycles. The van der Waals surface area contributed by atoms with Crippen molar-refractivity contribution in [2.24, 2.45) is 5.73 Å². The normalized spacial score (nSPS) is 27.0. The second-order valence-corrected chi connectivity index (χ2v) is 4.93. The minimum absolute atomic E-state index is 0.345. The molecule has 0 amide bonds. The van der Waals surface area contributed by atoms with Crippen LogP contribution in [0.25, 0.3) is 0 Å². The SMILES string of the molecule is Cc1nc(COC2CCC(N)C2)cs1. The highest BCUT2D eigenvalue weighted by Gasteiger charge is 2.22. The van der Waals surface area contributed by atoms with Gasteiger partial charge in [-0.2, -0.15) is 0 Å². The van der Waals surface area contributed by atoms with Gasteiger partial charge in [0.2, 0.25) is 0 Å². The molecular weight excluding hydrogens is 196 g/mol. The summed E-state index contributed by atoms with van der Waals surface area (Å²) in [7, 11) is 0. The van der Waals surface area contributed by atoms with Crippen LogP contribution < -0.4 is 5.73 Å². The van der Waals surface area contributed by atoms with E-state index in [9.17, 15) is 0 Å². The first-order chi connectivity index (χ1) is 6.74. The van der Waals surface area contributed by atoms with Crippen LogP contribution in [0.3, 0.4) is 0 Å². The topological polar surface area (TPSA) is 48.1 Å². The maximum Gasteiger partial charge on any atom is 0.0900 e. The van der Waals surface area contributed by atoms with Gasteiger partial charge in [-0.15, -0.1) is 11.3 Å². The van der Waals surface area contributed by atoms with E-state index in [0.717, 1.165) is 30.0 Å². The van der Waals surface area contributed by atoms with Crippen molar-refractivity contribution in [2.45, 2.75) is 44.9 Å². The molecule has 0 spiro atoms. The molecule has 1 aliphatic carbocycles. The van der Waals surface area contributed by atoms with Gasteiger partial charge in [-0.1, -0.05) is 0 Å². The van der Waals surface area contributed by atoms with Gasteiger partial charge < -0.3 is 10.5 Å². The highest BCUT2D eigenvalue weighted by molar-refractivity contribution is 7.09. The Balaban J connectivity index is 1.77. The molecule has 2 rings (SSSR count). The van der Waals surface area contributed by atoms with Crippen LogP contribution in [-0.4, -0.2) is 17.1 Å². The first kappa shape index (κ1) is 10.1. The van der Waals surface area contributed by atoms with Crippen molar-refractivity contribution < 1.29 is 4.74 Å². The molecule has 1 aromatic rings. The third-order valence-electron chi connectivity index (χ3n) is 2.56. The first-order valence-corrected chi connectivity index (χ1v) is 5.90. The van der Waals surface area contributed by atoms with Crippen LogP contribution in [0.15, 0.2) is 5.38 Å². The Morgan fingerprint density at radius 3 is 3.07 bits per heavy atom. The summed E-state index contributed by atoms with van der Waals surface area (Å²) in [5, 5.41) is 3.16. The predicted molar refractivity (Wildman–Crippen MR) is 57.3 cm³/mol. The maximum absolute atomic E-state index is 5.80. The predicted octanol–water partition coefficient (Wildman–Crippen LogP) is 1.85. The van der Waals surface area contributed by atoms with E-state index in [2.05, 4.69) is 10.4 Å². The second kappa shape index (κ2) is 4.38. The Morgan fingerprint density at radius 1 is 1.64 bits per heavy atom. The average molecular weight is 212 g/mol. The molecule has 1 aromatic heterocycles. The smallest absolute Gasteiger partial charge is 0.0900 e. The van der Waals surface area contributed by atoms with Crippen molar-refractivity contribution in [1.29, 1.82) is 0 Å². The molecular formula is C10H16N2OS. The van der Waals surface area contributed by atoms with Gasteiger partial charge in [-0.05, 0) is 26.2 Å². The molecule has 14 heavy (non-hydrogen) atoms. The third-order valence-corrected chi connectivity index (χ3v) is 3.38. The Bertz CT molecular complexity index is 300. The second-order valence-electron chi connectivity index (χ2n) is 3.86. The highest BCUT2D eigenvalue weighted by Crippen LogP contribution is 2.21. The molecule has 78 valence electrons. The molecule has 3 nitrogen and oxygen atoms in total. The average Bonchev–Trinajstić information content (AvgIpc) is 2.72. The van der Waals surface area contributed by atoms with Gasteiger partial charge in [0.1, 0.15) is 0 Å². The number of aromatic nitrogens is 1. The lowest BCUT2D eigenvalue weighted by Crippen LogP contribution is -2.17. The van der Waals surface area contributed by atoms with Crippen LogP contribution in [-0.2, 0) is 11.3 Å². The number of nitrogens with two attached hydrogens (primary N) is 1. The zero-order valence-corrected chi connectivity index (χ0v) is 9.22. The van der Waals surface area contributed by atoms with Crippen LogP contribution in [0.5, 0.6) is 0 Å². The molecule has 0 aliphatic heterocycles. The number of ether oxygens (including phenoxy) is 1. The fourth-order valence-electron chi connectivity index (χ4n) is 1.80. The maximum atomic E-state index is 5.80. The Hall–Kier alpha value is -0.450. The summed E-state index contributed by atoms with van der Waals surface area (Å²) in [6, 6.07) is 0.345. The van der Waals surface area contributed by atoms with Gasteiger partial charge in [0.05, 0.1) is 23.4 Å². The molecule has 1 fully saturated rings. The first-order valence-electron chi connectivity index (χ1n) is 5.02. The molecule has 0 saturated heterocycles. The summed E-state index contributed by atoms with van der Waals surface area (Å²) in [6.45, 7) is 2.65. The van der Waals surface area contributed by atoms with Crippen LogP contribution in [0.1, 0.15) is 30.0 Å². The number of nitrogens with zero attached hydrogens (tertiary/aromatic N) is 1. The summed E-state index contributed by atoms with van der Waals surface area (Å²) in [4.78, 5) is 4.35. The fraction of sp³-hybridized carbons (Fsp3) is 0.700. The van der Waals surface area contributed by atoms with Crippen molar-refractivity contribution in [1.82, 2.24) is 4.98 Å². The van der Waals surface area contributed by atoms with Crippen molar-refractivity contribution in [2.75, 3.05) is 0 Å². The Morgan fingerprint density at radius 2 is 2.50 bits per heavy atom. The van der Waals surface area contributed by atoms with Gasteiger partial charge in [0.15, 0.2) is 0 Å². The van der Waals surface area contributed by atoms with E-state index in [1.807, 2.05) is 6.92 Å². The molecule has 1 heterocycles. The monoisotopic (exact) mass is 212 g/mol. The lowest BCUT2D eigenvalue weighted by molar-refractivity contribution is 0.0432. The van der Waals surface area contributed by atoms with E-state index in [4.69, 9.17) is 10.5 Å². The number of aryl methyl sites for hydroxylation is 1. The van der Waals surface area contributed by atoms with E-state index in [1.165, 1.54) is 0 Å². The van der Waals surface area contributed by atoms with Crippen molar-refractivity contribution >= 4 is 11.3 Å². The minimum atomic E-state index is 0.345. The van der Waals surface area contributed by atoms with Crippen molar-refractivity contribution in [3.05, 3.63) is 16.1 Å². The van der Waals surface area contributed by atoms with E-state index in [0.29, 0.717) is 18.8 Å². The summed E-state index contributed by atoms with van der Waals surface area (Å²) in [5.41, 5.74) is 6.85. The lowest BCUT2D eigenvalue weighted by Gasteiger charge is -2.09. The van der Waals surface area contributed by atoms with E-state index in [-0.39, 0.29) is 0 Å². The molecule has 0 bridgehead atoms. The zero-order chi connectivity index (χ0) is 9.97. The van der Waals surface area contributed by atoms with Crippen LogP contribution in [0.2, 0.25) is 0 Å². The summed E-state index contributed by atoms with van der Waals surface area (Å²) >= 11 is 1.67. The van der Waals surface area contributed by atoms with Gasteiger partial charge >= 0.3 is 0 Å². The standard InChI is InChI=1S/C10H16N2OS/c1-7-12-9(6-14-7)5-13-10-3-2-8(11)4-10/h6,8,10H,2-5,11H2,1H3. The van der Waals surface area contributed by atoms with E-state index in [1.54, 1.807) is 11.3 Å². The zero-order valence-electron chi connectivity index (χ0n) is 8.40. The molecule has 1 aliphatic rings. The van der Waals surface area contributed by atoms with E-state index >= 15 is 0 Å². The molecule has 2 atom stereocenters. The molecule has 2 unspecified atom stereocenters. The van der Waals surface area contributed by atoms with Crippen LogP contribution in [0.4, 0.5) is 0 Å². The Kier molecular flexibility index (Phi) is 3.15. The minimum Gasteiger partial charge on any atom is -0.372 e. The fourth-order valence-corrected chi connectivity index (χ4v) is 2.40. The molecule has 1 saturated carbocycles. The lowest BCUT2D eigenvalue weighted by atomic mass is 10.3. The van der Waals surface area contributed by atoms with Crippen LogP contribution >= 0.6 is 11.3 Å². The quantitative estimate of drug-likeness (QED) is 0.831. The molecule has 2 N–H and O–H groups in total. The number of thiazole rings is 1. The highest BCUT2D eigenvalue weighted by atomic mass is 32.1. The van der Waals surface area contributed by atoms with Crippen molar-refractivity contribution in [3.63, 3.8) is 0 Å². The van der Waals surface area contributed by atoms with Crippen LogP contribution in [0, 0.1) is 6.92 Å². The van der Waals surface area contributed by atoms with Gasteiger partial charge in [-0.3, -0.25) is 0 Å². The number of hydrogen-bond donors (Lipinski definition) is 1. The van der Waals surface area contributed by atoms with E-state index < -0.39 is 0 Å². The summed E-state index contributed by atoms with van der Waals surface area (Å²) < 4.78 is 5.74. The molecule has 0 radical (unpaired) electrons. The number of hydrogen-bond acceptors (Lipinski definition) is 4.